The summed E-state index contributed by atoms with van der Waals surface area (Å²) in [5.74, 6) is 0.833. The molecule has 4 aliphatic carbocycles. The smallest absolute Gasteiger partial charge is 0.375 e. The number of allylic oxidation sites excluding steroid dienone is 4. The average molecular weight is 629 g/mol. The summed E-state index contributed by atoms with van der Waals surface area (Å²) in [7, 11) is 0. The van der Waals surface area contributed by atoms with Crippen molar-refractivity contribution in [1.82, 2.24) is 0 Å². The zero-order chi connectivity index (χ0) is 32.1. The molecule has 44 heavy (non-hydrogen) atoms. The van der Waals surface area contributed by atoms with Crippen molar-refractivity contribution in [2.75, 3.05) is 12.4 Å². The van der Waals surface area contributed by atoms with Gasteiger partial charge in [0.05, 0.1) is 18.1 Å². The van der Waals surface area contributed by atoms with Crippen molar-refractivity contribution in [3.05, 3.63) is 60.6 Å². The number of ketones is 1. The first-order valence-electron chi connectivity index (χ1n) is 14.4. The third-order valence-corrected chi connectivity index (χ3v) is 11.2. The third-order valence-electron chi connectivity index (χ3n) is 10.3. The number of aliphatic hydroxyl groups is 1. The fourth-order valence-corrected chi connectivity index (χ4v) is 9.28. The number of ether oxygens (including phenoxy) is 2. The zero-order valence-electron chi connectivity index (χ0n) is 24.6. The lowest BCUT2D eigenvalue weighted by Crippen LogP contribution is -2.70. The molecule has 234 valence electrons. The van der Waals surface area contributed by atoms with Crippen LogP contribution >= 0.6 is 11.8 Å². The van der Waals surface area contributed by atoms with E-state index in [4.69, 9.17) is 13.9 Å². The molecule has 3 fully saturated rings. The number of rotatable bonds is 6. The molecule has 0 aliphatic heterocycles. The van der Waals surface area contributed by atoms with Gasteiger partial charge in [0, 0.05) is 28.7 Å². The van der Waals surface area contributed by atoms with Crippen LogP contribution in [-0.2, 0) is 23.9 Å². The van der Waals surface area contributed by atoms with Crippen molar-refractivity contribution in [1.29, 1.82) is 0 Å². The number of hydrogen-bond donors (Lipinski definition) is 1. The molecule has 0 radical (unpaired) electrons. The number of hydrogen-bond acceptors (Lipinski definition) is 9. The molecule has 0 amide bonds. The van der Waals surface area contributed by atoms with Crippen LogP contribution in [0.15, 0.2) is 59.3 Å². The van der Waals surface area contributed by atoms with Crippen LogP contribution in [0.3, 0.4) is 0 Å². The summed E-state index contributed by atoms with van der Waals surface area (Å²) in [4.78, 5) is 51.0. The molecular formula is C33H34F2O8S. The first-order valence-corrected chi connectivity index (χ1v) is 15.4. The molecule has 11 heteroatoms. The monoisotopic (exact) mass is 628 g/mol. The Labute approximate surface area is 258 Å². The molecule has 0 aromatic carbocycles. The average Bonchev–Trinajstić information content (AvgIpc) is 3.60. The van der Waals surface area contributed by atoms with Gasteiger partial charge in [0.2, 0.25) is 10.9 Å². The van der Waals surface area contributed by atoms with Crippen LogP contribution in [-0.4, -0.2) is 63.8 Å². The van der Waals surface area contributed by atoms with Crippen LogP contribution in [0, 0.1) is 40.4 Å². The summed E-state index contributed by atoms with van der Waals surface area (Å²) in [5, 5.41) is 11.1. The van der Waals surface area contributed by atoms with E-state index in [-0.39, 0.29) is 43.0 Å². The number of thioether (sulfide) groups is 1. The molecule has 1 aromatic rings. The number of esters is 2. The van der Waals surface area contributed by atoms with E-state index in [1.165, 1.54) is 37.5 Å². The first kappa shape index (κ1) is 31.9. The molecule has 1 heterocycles. The number of halogens is 2. The van der Waals surface area contributed by atoms with Gasteiger partial charge in [-0.15, -0.1) is 0 Å². The van der Waals surface area contributed by atoms with E-state index in [2.05, 4.69) is 18.4 Å². The lowest BCUT2D eigenvalue weighted by molar-refractivity contribution is -0.221. The van der Waals surface area contributed by atoms with E-state index < -0.39 is 75.0 Å². The Kier molecular flexibility index (Phi) is 8.31. The summed E-state index contributed by atoms with van der Waals surface area (Å²) in [6.07, 6.45) is 2.27. The van der Waals surface area contributed by atoms with Crippen molar-refractivity contribution in [3.63, 3.8) is 0 Å². The summed E-state index contributed by atoms with van der Waals surface area (Å²) >= 11 is 0.794. The van der Waals surface area contributed by atoms with Gasteiger partial charge in [-0.05, 0) is 62.0 Å². The van der Waals surface area contributed by atoms with Gasteiger partial charge in [0.25, 0.3) is 0 Å². The van der Waals surface area contributed by atoms with Gasteiger partial charge in [0.15, 0.2) is 23.7 Å². The van der Waals surface area contributed by atoms with Crippen molar-refractivity contribution < 1.29 is 47.0 Å². The Morgan fingerprint density at radius 3 is 2.68 bits per heavy atom. The van der Waals surface area contributed by atoms with Crippen LogP contribution in [0.4, 0.5) is 8.78 Å². The van der Waals surface area contributed by atoms with Crippen molar-refractivity contribution >= 4 is 34.6 Å². The van der Waals surface area contributed by atoms with E-state index in [0.717, 1.165) is 23.9 Å². The highest BCUT2D eigenvalue weighted by molar-refractivity contribution is 8.14. The highest BCUT2D eigenvalue weighted by Crippen LogP contribution is 2.72. The van der Waals surface area contributed by atoms with Crippen molar-refractivity contribution in [2.24, 2.45) is 28.6 Å². The summed E-state index contributed by atoms with van der Waals surface area (Å²) in [6, 6.07) is 2.89. The van der Waals surface area contributed by atoms with E-state index >= 15 is 8.78 Å². The molecule has 4 aliphatic rings. The minimum atomic E-state index is -2.35. The minimum Gasteiger partial charge on any atom is -0.457 e. The molecule has 0 spiro atoms. The number of carbonyl (C=O) groups excluding carboxylic acids is 4. The largest absolute Gasteiger partial charge is 0.457 e. The number of fused-ring (bicyclic) bond motifs is 5. The second-order valence-electron chi connectivity index (χ2n) is 12.3. The lowest BCUT2D eigenvalue weighted by atomic mass is 9.44. The summed E-state index contributed by atoms with van der Waals surface area (Å²) < 4.78 is 49.6. The maximum Gasteiger partial charge on any atom is 0.375 e. The van der Waals surface area contributed by atoms with E-state index in [9.17, 15) is 24.3 Å². The maximum absolute atomic E-state index is 17.6. The maximum atomic E-state index is 17.6. The highest BCUT2D eigenvalue weighted by atomic mass is 32.2. The highest BCUT2D eigenvalue weighted by Gasteiger charge is 2.78. The molecule has 1 aromatic heterocycles. The summed E-state index contributed by atoms with van der Waals surface area (Å²) in [5.41, 5.74) is -7.11. The quantitative estimate of drug-likeness (QED) is 0.271. The van der Waals surface area contributed by atoms with Crippen LogP contribution in [0.5, 0.6) is 0 Å². The third kappa shape index (κ3) is 4.60. The first-order chi connectivity index (χ1) is 20.8. The molecular weight excluding hydrogens is 594 g/mol. The zero-order valence-corrected chi connectivity index (χ0v) is 25.5. The van der Waals surface area contributed by atoms with Gasteiger partial charge in [-0.2, -0.15) is 0 Å². The fraction of sp³-hybridized carbons (Fsp3) is 0.515. The van der Waals surface area contributed by atoms with Gasteiger partial charge in [-0.1, -0.05) is 50.1 Å². The number of aliphatic hydroxyl groups excluding tert-OH is 1. The summed E-state index contributed by atoms with van der Waals surface area (Å²) in [6.45, 7) is 8.02. The van der Waals surface area contributed by atoms with Crippen LogP contribution in [0.1, 0.15) is 50.6 Å². The normalized spacial score (nSPS) is 38.6. The van der Waals surface area contributed by atoms with Gasteiger partial charge in [-0.3, -0.25) is 9.59 Å². The van der Waals surface area contributed by atoms with Gasteiger partial charge < -0.3 is 19.0 Å². The SMILES string of the molecule is C=CC(=O)OCC#CCSC(=O)[C@@]1(OC(=O)c2ccco2)[C@H](C)C[C@H]2[C@@H]3C[C@H](F)C4=CC(=O)C=C[C@]4(C)[C@@]3(F)[C@@H](O)C[C@@]21C. The Morgan fingerprint density at radius 2 is 2.00 bits per heavy atom. The Morgan fingerprint density at radius 1 is 1.25 bits per heavy atom. The molecule has 8 nitrogen and oxygen atoms in total. The number of carbonyl (C=O) groups is 4. The Bertz CT molecular complexity index is 1510. The Balaban J connectivity index is 1.53. The van der Waals surface area contributed by atoms with E-state index in [0.29, 0.717) is 0 Å². The van der Waals surface area contributed by atoms with Crippen LogP contribution in [0.2, 0.25) is 0 Å². The minimum absolute atomic E-state index is 0.00284. The van der Waals surface area contributed by atoms with Gasteiger partial charge in [0.1, 0.15) is 6.17 Å². The standard InChI is InChI=1S/C33H34F2O8S/c1-5-27(38)42-12-6-7-14-44-29(40)33(43-28(39)25-9-8-13-41-25)19(2)15-21-22-17-24(34)23-16-20(36)10-11-30(23,3)32(22,35)26(37)18-31(21,33)4/h5,8-11,13,16,19,21-22,24,26,37H,1,12,14-15,17-18H2,2-4H3/t19-,21+,22+,24+,26+,30+,31+,32+,33+/m1/s1. The molecule has 0 saturated heterocycles. The predicted octanol–water partition coefficient (Wildman–Crippen LogP) is 4.73. The number of furan rings is 1. The van der Waals surface area contributed by atoms with Gasteiger partial charge in [-0.25, -0.2) is 18.4 Å². The van der Waals surface area contributed by atoms with E-state index in [1.807, 2.05) is 0 Å². The van der Waals surface area contributed by atoms with Crippen LogP contribution in [0.25, 0.3) is 0 Å². The molecule has 9 atom stereocenters. The molecule has 3 saturated carbocycles. The molecule has 1 N–H and O–H groups in total. The van der Waals surface area contributed by atoms with Crippen LogP contribution < -0.4 is 0 Å². The number of alkyl halides is 2. The predicted molar refractivity (Wildman–Crippen MR) is 156 cm³/mol. The Hall–Kier alpha value is -3.49. The van der Waals surface area contributed by atoms with Crippen molar-refractivity contribution in [3.8, 4) is 11.8 Å². The second kappa shape index (κ2) is 11.5. The van der Waals surface area contributed by atoms with Crippen molar-refractivity contribution in [2.45, 2.75) is 63.6 Å². The molecule has 0 unspecified atom stereocenters. The molecule has 0 bridgehead atoms. The van der Waals surface area contributed by atoms with Gasteiger partial charge >= 0.3 is 11.9 Å². The second-order valence-corrected chi connectivity index (χ2v) is 13.3. The lowest BCUT2D eigenvalue weighted by Gasteiger charge is -2.63. The topological polar surface area (TPSA) is 120 Å². The fourth-order valence-electron chi connectivity index (χ4n) is 8.29. The van der Waals surface area contributed by atoms with E-state index in [1.54, 1.807) is 13.8 Å². The molecule has 5 rings (SSSR count).